The number of rotatable bonds is 4. The zero-order chi connectivity index (χ0) is 12.5. The van der Waals surface area contributed by atoms with Crippen LogP contribution >= 0.6 is 0 Å². The molecular formula is C9H26O4Si2. The lowest BCUT2D eigenvalue weighted by molar-refractivity contribution is 0.125. The van der Waals surface area contributed by atoms with Gasteiger partial charge >= 0.3 is 8.80 Å². The minimum Gasteiger partial charge on any atom is -0.423 e. The van der Waals surface area contributed by atoms with Crippen LogP contribution in [0.2, 0.25) is 6.04 Å². The molecule has 0 spiro atoms. The molecule has 0 saturated heterocycles. The molecule has 0 heterocycles. The van der Waals surface area contributed by atoms with Gasteiger partial charge in [0, 0.05) is 33.0 Å². The summed E-state index contributed by atoms with van der Waals surface area (Å²) >= 11 is 0. The molecule has 0 radical (unpaired) electrons. The van der Waals surface area contributed by atoms with Crippen molar-refractivity contribution >= 4 is 19.3 Å². The predicted octanol–water partition coefficient (Wildman–Crippen LogP) is 0.966. The van der Waals surface area contributed by atoms with Gasteiger partial charge in [-0.1, -0.05) is 6.92 Å². The van der Waals surface area contributed by atoms with Gasteiger partial charge < -0.3 is 17.7 Å². The summed E-state index contributed by atoms with van der Waals surface area (Å²) in [6.07, 6.45) is 0. The van der Waals surface area contributed by atoms with Gasteiger partial charge in [0.25, 0.3) is 0 Å². The van der Waals surface area contributed by atoms with Crippen LogP contribution in [0.4, 0.5) is 0 Å². The largest absolute Gasteiger partial charge is 0.499 e. The second-order valence-corrected chi connectivity index (χ2v) is 7.67. The third-order valence-electron chi connectivity index (χ3n) is 1.98. The zero-order valence-corrected chi connectivity index (χ0v) is 14.3. The van der Waals surface area contributed by atoms with E-state index in [1.165, 1.54) is 0 Å². The summed E-state index contributed by atoms with van der Waals surface area (Å²) in [6, 6.07) is 0.816. The summed E-state index contributed by atoms with van der Waals surface area (Å²) in [6.45, 7) is 8.16. The third-order valence-corrected chi connectivity index (χ3v) is 5.94. The lowest BCUT2D eigenvalue weighted by atomic mass is 10.2. The molecule has 4 nitrogen and oxygen atoms in total. The van der Waals surface area contributed by atoms with Crippen molar-refractivity contribution in [2.45, 2.75) is 39.3 Å². The molecule has 0 aliphatic rings. The van der Waals surface area contributed by atoms with Crippen LogP contribution in [0.5, 0.6) is 0 Å². The van der Waals surface area contributed by atoms with E-state index in [0.717, 1.165) is 16.5 Å². The minimum atomic E-state index is -2.19. The summed E-state index contributed by atoms with van der Waals surface area (Å²) in [5.41, 5.74) is 0.103. The van der Waals surface area contributed by atoms with Gasteiger partial charge in [0.15, 0.2) is 0 Å². The maximum absolute atomic E-state index is 5.08. The average Bonchev–Trinajstić information content (AvgIpc) is 2.22. The molecule has 0 saturated carbocycles. The monoisotopic (exact) mass is 254 g/mol. The van der Waals surface area contributed by atoms with Gasteiger partial charge in [-0.25, -0.2) is 0 Å². The van der Waals surface area contributed by atoms with Crippen LogP contribution in [0, 0.1) is 0 Å². The van der Waals surface area contributed by atoms with Crippen LogP contribution in [-0.2, 0) is 17.7 Å². The van der Waals surface area contributed by atoms with Crippen LogP contribution < -0.4 is 0 Å². The van der Waals surface area contributed by atoms with Crippen molar-refractivity contribution in [3.05, 3.63) is 0 Å². The van der Waals surface area contributed by atoms with E-state index in [9.17, 15) is 0 Å². The van der Waals surface area contributed by atoms with Gasteiger partial charge in [0.1, 0.15) is 10.5 Å². The predicted molar refractivity (Wildman–Crippen MR) is 68.0 cm³/mol. The Balaban J connectivity index is 0. The van der Waals surface area contributed by atoms with E-state index in [1.807, 2.05) is 6.92 Å². The van der Waals surface area contributed by atoms with Gasteiger partial charge in [-0.15, -0.1) is 0 Å². The molecule has 0 aliphatic heterocycles. The highest BCUT2D eigenvalue weighted by Crippen LogP contribution is 2.10. The molecule has 0 rings (SSSR count). The molecule has 0 fully saturated rings. The summed E-state index contributed by atoms with van der Waals surface area (Å²) in [4.78, 5) is 0. The number of hydrogen-bond donors (Lipinski definition) is 0. The molecule has 0 aliphatic carbocycles. The van der Waals surface area contributed by atoms with E-state index >= 15 is 0 Å². The van der Waals surface area contributed by atoms with Crippen molar-refractivity contribution in [2.75, 3.05) is 21.3 Å². The van der Waals surface area contributed by atoms with Crippen LogP contribution in [0.15, 0.2) is 0 Å². The Hall–Kier alpha value is 0.274. The first-order valence-electron chi connectivity index (χ1n) is 5.01. The zero-order valence-electron chi connectivity index (χ0n) is 11.3. The van der Waals surface area contributed by atoms with Gasteiger partial charge in [0.05, 0.1) is 0 Å². The van der Waals surface area contributed by atoms with Crippen LogP contribution in [-0.4, -0.2) is 46.2 Å². The van der Waals surface area contributed by atoms with Gasteiger partial charge in [-0.05, 0) is 20.8 Å². The van der Waals surface area contributed by atoms with Crippen molar-refractivity contribution in [1.82, 2.24) is 0 Å². The smallest absolute Gasteiger partial charge is 0.423 e. The van der Waals surface area contributed by atoms with E-state index in [4.69, 9.17) is 17.7 Å². The molecule has 0 N–H and O–H groups in total. The first-order valence-corrected chi connectivity index (χ1v) is 7.76. The van der Waals surface area contributed by atoms with Crippen molar-refractivity contribution < 1.29 is 17.7 Å². The highest BCUT2D eigenvalue weighted by atomic mass is 28.4. The maximum atomic E-state index is 5.08. The van der Waals surface area contributed by atoms with E-state index in [2.05, 4.69) is 20.8 Å². The lowest BCUT2D eigenvalue weighted by Crippen LogP contribution is -2.41. The lowest BCUT2D eigenvalue weighted by Gasteiger charge is -2.22. The fraction of sp³-hybridized carbons (Fsp3) is 1.00. The maximum Gasteiger partial charge on any atom is 0.499 e. The second-order valence-electron chi connectivity index (χ2n) is 3.97. The molecule has 0 bridgehead atoms. The molecule has 0 aromatic carbocycles. The minimum absolute atomic E-state index is 0.103. The molecule has 0 atom stereocenters. The first-order chi connectivity index (χ1) is 6.80. The van der Waals surface area contributed by atoms with Gasteiger partial charge in [-0.3, -0.25) is 0 Å². The van der Waals surface area contributed by atoms with E-state index in [1.54, 1.807) is 21.3 Å². The van der Waals surface area contributed by atoms with Crippen molar-refractivity contribution in [1.29, 1.82) is 0 Å². The quantitative estimate of drug-likeness (QED) is 0.701. The summed E-state index contributed by atoms with van der Waals surface area (Å²) in [5, 5.41) is 0. The molecule has 0 amide bonds. The van der Waals surface area contributed by atoms with E-state index in [-0.39, 0.29) is 5.60 Å². The van der Waals surface area contributed by atoms with E-state index in [0.29, 0.717) is 0 Å². The normalized spacial score (nSPS) is 12.2. The second kappa shape index (κ2) is 8.43. The molecule has 94 valence electrons. The van der Waals surface area contributed by atoms with Crippen LogP contribution in [0.3, 0.4) is 0 Å². The molecule has 0 aromatic rings. The first kappa shape index (κ1) is 17.7. The fourth-order valence-corrected chi connectivity index (χ4v) is 2.05. The molecule has 0 unspecified atom stereocenters. The van der Waals surface area contributed by atoms with Crippen molar-refractivity contribution in [3.63, 3.8) is 0 Å². The standard InChI is InChI=1S/C5H14O3Si.C4H12OSi/c1-5-9(6-2,7-3)8-4;1-4(2,3)5-6/h5H2,1-4H3;1-3,6H3. The third kappa shape index (κ3) is 9.22. The highest BCUT2D eigenvalue weighted by Gasteiger charge is 2.34. The van der Waals surface area contributed by atoms with Crippen molar-refractivity contribution in [3.8, 4) is 0 Å². The Morgan fingerprint density at radius 1 is 1.00 bits per heavy atom. The summed E-state index contributed by atoms with van der Waals surface area (Å²) in [5.74, 6) is 0. The summed E-state index contributed by atoms with van der Waals surface area (Å²) in [7, 11) is 3.50. The van der Waals surface area contributed by atoms with E-state index < -0.39 is 8.80 Å². The average molecular weight is 254 g/mol. The molecule has 0 aromatic heterocycles. The van der Waals surface area contributed by atoms with Gasteiger partial charge in [0.2, 0.25) is 0 Å². The Kier molecular flexibility index (Phi) is 9.92. The molecule has 6 heteroatoms. The number of hydrogen-bond acceptors (Lipinski definition) is 4. The Bertz CT molecular complexity index is 126. The summed E-state index contributed by atoms with van der Waals surface area (Å²) < 4.78 is 20.3. The van der Waals surface area contributed by atoms with Gasteiger partial charge in [-0.2, -0.15) is 0 Å². The molecular weight excluding hydrogens is 228 g/mol. The highest BCUT2D eigenvalue weighted by molar-refractivity contribution is 6.60. The Morgan fingerprint density at radius 3 is 1.27 bits per heavy atom. The van der Waals surface area contributed by atoms with Crippen molar-refractivity contribution in [2.24, 2.45) is 0 Å². The van der Waals surface area contributed by atoms with Crippen LogP contribution in [0.25, 0.3) is 0 Å². The Morgan fingerprint density at radius 2 is 1.27 bits per heavy atom. The SMILES string of the molecule is CC(C)(C)O[SiH3].CC[Si](OC)(OC)OC. The Labute approximate surface area is 98.2 Å². The molecule has 15 heavy (non-hydrogen) atoms. The van der Waals surface area contributed by atoms with Crippen LogP contribution in [0.1, 0.15) is 27.7 Å². The fourth-order valence-electron chi connectivity index (χ4n) is 0.683. The topological polar surface area (TPSA) is 36.9 Å².